The van der Waals surface area contributed by atoms with Gasteiger partial charge in [0.25, 0.3) is 0 Å². The second-order valence-corrected chi connectivity index (χ2v) is 32.9. The highest BCUT2D eigenvalue weighted by Gasteiger charge is 2.25. The standard InChI is InChI=1S/C25H30N8O.2C24H26N8O.C23H25N7O/c1-31-10-7-23(30-31)22-17-27-24(20-6-3-5-19(15-20)21-16-28-32(2)18-21)29-25(22)26-8-4-9-33-11-13-34-14-12-33;1-31-9-7-21(30-31)20-14-27-23(29-24(20)26-12-16-6-8-25-22(33)10-16)18-5-3-4-17(11-18)19-13-28-32(2)15-19;1-31-14-19(11-28-31)17-4-3-5-18(9-17)23-27-13-21(20-12-29-32(2)15-20)24(30-23)26-10-16-6-7-25-22(33)8-16;1-16(31)6-5-10-24-23-20(21-9-11-29(2)28-21)14-25-22(27-23)18-8-4-7-17(12-18)19-13-26-30(3)15-19/h3,5-7,10,15-18H,4,8-9,11-14H2,1-2H3,(H,26,27,29);3-5,7,9,11,13-16H,6,8,10,12H2,1-2H3,(H,25,33)(H,26,27,29);3-5,9,11-16H,6-8,10H2,1-2H3,(H,25,33)(H,26,27,30);4,7-9,11-15H,5-6,10H2,1-3H3,(H,24,25,27). The molecule has 12 aromatic heterocycles. The van der Waals surface area contributed by atoms with Crippen molar-refractivity contribution in [1.29, 1.82) is 0 Å². The van der Waals surface area contributed by atoms with Crippen LogP contribution in [-0.2, 0) is 75.5 Å². The third kappa shape index (κ3) is 23.5. The molecule has 0 spiro atoms. The fraction of sp³-hybridized carbons (Fsp3) is 0.302. The molecule has 2 amide bonds. The third-order valence-electron chi connectivity index (χ3n) is 22.6. The summed E-state index contributed by atoms with van der Waals surface area (Å²) in [4.78, 5) is 75.4. The molecule has 3 fully saturated rings. The number of ether oxygens (including phenoxy) is 1. The van der Waals surface area contributed by atoms with Gasteiger partial charge in [-0.1, -0.05) is 72.8 Å². The Balaban J connectivity index is 0.000000128. The van der Waals surface area contributed by atoms with Gasteiger partial charge in [-0.25, -0.2) is 39.9 Å². The van der Waals surface area contributed by atoms with Gasteiger partial charge in [0, 0.05) is 258 Å². The second kappa shape index (κ2) is 42.0. The Morgan fingerprint density at radius 3 is 1.02 bits per heavy atom. The van der Waals surface area contributed by atoms with Gasteiger partial charge in [-0.3, -0.25) is 51.9 Å². The fourth-order valence-electron chi connectivity index (χ4n) is 15.7. The van der Waals surface area contributed by atoms with Crippen molar-refractivity contribution in [3.8, 4) is 135 Å². The van der Waals surface area contributed by atoms with Crippen molar-refractivity contribution in [2.24, 2.45) is 68.2 Å². The van der Waals surface area contributed by atoms with E-state index in [1.165, 1.54) is 0 Å². The predicted octanol–water partition coefficient (Wildman–Crippen LogP) is 12.6. The zero-order chi connectivity index (χ0) is 90.7. The van der Waals surface area contributed by atoms with Crippen LogP contribution < -0.4 is 31.9 Å². The zero-order valence-corrected chi connectivity index (χ0v) is 75.0. The molecule has 16 aromatic rings. The molecule has 4 aromatic carbocycles. The first-order valence-electron chi connectivity index (χ1n) is 43.9. The summed E-state index contributed by atoms with van der Waals surface area (Å²) in [6.07, 6.45) is 37.4. The molecular weight excluding hydrogens is 1650 g/mol. The number of piperidine rings is 2. The van der Waals surface area contributed by atoms with Crippen LogP contribution in [-0.4, -0.2) is 213 Å². The Kier molecular flexibility index (Phi) is 28.6. The molecule has 2 atom stereocenters. The minimum Gasteiger partial charge on any atom is -0.379 e. The maximum Gasteiger partial charge on any atom is 0.220 e. The number of ketones is 1. The van der Waals surface area contributed by atoms with Gasteiger partial charge < -0.3 is 41.4 Å². The summed E-state index contributed by atoms with van der Waals surface area (Å²) in [5.74, 6) is 6.48. The van der Waals surface area contributed by atoms with E-state index in [-0.39, 0.29) is 29.4 Å². The van der Waals surface area contributed by atoms with E-state index in [4.69, 9.17) is 29.7 Å². The van der Waals surface area contributed by atoms with E-state index < -0.39 is 0 Å². The first-order valence-corrected chi connectivity index (χ1v) is 43.9. The van der Waals surface area contributed by atoms with Crippen LogP contribution in [0.1, 0.15) is 51.9 Å². The van der Waals surface area contributed by atoms with E-state index in [2.05, 4.69) is 135 Å². The van der Waals surface area contributed by atoms with Gasteiger partial charge in [-0.05, 0) is 116 Å². The lowest BCUT2D eigenvalue weighted by atomic mass is 9.97. The van der Waals surface area contributed by atoms with Gasteiger partial charge in [0.1, 0.15) is 29.1 Å². The summed E-state index contributed by atoms with van der Waals surface area (Å²) in [7, 11) is 15.2. The molecule has 3 saturated heterocycles. The van der Waals surface area contributed by atoms with Crippen molar-refractivity contribution < 1.29 is 19.1 Å². The smallest absolute Gasteiger partial charge is 0.220 e. The molecule has 35 nitrogen and oxygen atoms in total. The molecule has 3 aliphatic rings. The monoisotopic (exact) mass is 1760 g/mol. The Hall–Kier alpha value is -15.4. The van der Waals surface area contributed by atoms with Crippen LogP contribution in [0.15, 0.2) is 221 Å². The number of hydrogen-bond acceptors (Lipinski definition) is 25. The average Bonchev–Trinajstić information content (AvgIpc) is 1.58. The minimum absolute atomic E-state index is 0.105. The number of hydrogen-bond donors (Lipinski definition) is 6. The van der Waals surface area contributed by atoms with Crippen LogP contribution in [0.25, 0.3) is 135 Å². The number of nitrogens with zero attached hydrogens (tertiary/aromatic N) is 25. The molecule has 15 heterocycles. The highest BCUT2D eigenvalue weighted by Crippen LogP contribution is 2.36. The molecule has 0 saturated carbocycles. The van der Waals surface area contributed by atoms with E-state index in [1.54, 1.807) is 56.8 Å². The Morgan fingerprint density at radius 1 is 0.382 bits per heavy atom. The zero-order valence-electron chi connectivity index (χ0n) is 75.0. The average molecular weight is 1760 g/mol. The summed E-state index contributed by atoms with van der Waals surface area (Å²) in [5, 5.41) is 54.6. The van der Waals surface area contributed by atoms with Crippen LogP contribution in [0.3, 0.4) is 0 Å². The molecule has 19 rings (SSSR count). The van der Waals surface area contributed by atoms with Crippen LogP contribution in [0, 0.1) is 11.8 Å². The number of aryl methyl sites for hydroxylation is 8. The number of Topliss-reactive ketones (excluding diaryl/α,β-unsaturated/α-hetero) is 1. The van der Waals surface area contributed by atoms with Crippen molar-refractivity contribution in [3.63, 3.8) is 0 Å². The Morgan fingerprint density at radius 2 is 0.702 bits per heavy atom. The highest BCUT2D eigenvalue weighted by atomic mass is 16.5. The maximum atomic E-state index is 11.8. The number of benzene rings is 4. The third-order valence-corrected chi connectivity index (χ3v) is 22.6. The molecule has 131 heavy (non-hydrogen) atoms. The number of amides is 2. The molecule has 0 bridgehead atoms. The predicted molar refractivity (Wildman–Crippen MR) is 505 cm³/mol. The van der Waals surface area contributed by atoms with Gasteiger partial charge >= 0.3 is 0 Å². The van der Waals surface area contributed by atoms with E-state index in [0.29, 0.717) is 74.6 Å². The molecule has 35 heteroatoms. The topological polar surface area (TPSA) is 382 Å². The van der Waals surface area contributed by atoms with Crippen molar-refractivity contribution in [3.05, 3.63) is 221 Å². The second-order valence-electron chi connectivity index (χ2n) is 32.9. The fourth-order valence-corrected chi connectivity index (χ4v) is 15.7. The molecule has 6 N–H and O–H groups in total. The SMILES string of the molecule is CC(=O)CCCNc1nc(-c2cccc(-c3cnn(C)c3)c2)ncc1-c1ccn(C)n1.Cn1cc(-c2cccc(-c3ncc(-c4ccn(C)n4)c(NCC4CCNC(=O)C4)n3)c2)cn1.Cn1cc(-c2cccc(-c3ncc(-c4ccn(C)n4)c(NCCCN4CCOCC4)n3)c2)cn1.Cn1cc(-c2cccc(-c3ncc(-c4cnn(C)c4)c(NCC4CCNC(=O)C4)n3)c2)cn1. The number of nitrogens with one attached hydrogen (secondary N) is 6. The quantitative estimate of drug-likeness (QED) is 0.0248. The van der Waals surface area contributed by atoms with Gasteiger partial charge in [-0.15, -0.1) is 0 Å². The van der Waals surface area contributed by atoms with E-state index in [9.17, 15) is 14.4 Å². The number of rotatable bonds is 28. The molecule has 2 unspecified atom stereocenters. The van der Waals surface area contributed by atoms with Gasteiger partial charge in [0.05, 0.1) is 78.0 Å². The molecule has 3 aliphatic heterocycles. The van der Waals surface area contributed by atoms with Crippen molar-refractivity contribution in [2.45, 2.75) is 51.9 Å². The summed E-state index contributed by atoms with van der Waals surface area (Å²) < 4.78 is 19.7. The summed E-state index contributed by atoms with van der Waals surface area (Å²) in [6, 6.07) is 38.5. The van der Waals surface area contributed by atoms with Gasteiger partial charge in [0.15, 0.2) is 23.3 Å². The molecule has 0 aliphatic carbocycles. The normalized spacial score (nSPS) is 14.4. The number of carbonyl (C=O) groups excluding carboxylic acids is 3. The first kappa shape index (κ1) is 89.0. The van der Waals surface area contributed by atoms with Crippen LogP contribution in [0.4, 0.5) is 23.3 Å². The summed E-state index contributed by atoms with van der Waals surface area (Å²) in [5.41, 5.74) is 19.0. The van der Waals surface area contributed by atoms with Gasteiger partial charge in [-0.2, -0.15) is 40.8 Å². The van der Waals surface area contributed by atoms with E-state index in [1.807, 2.05) is 222 Å². The lowest BCUT2D eigenvalue weighted by Gasteiger charge is -2.26. The lowest BCUT2D eigenvalue weighted by molar-refractivity contribution is -0.124. The van der Waals surface area contributed by atoms with Crippen LogP contribution in [0.5, 0.6) is 0 Å². The lowest BCUT2D eigenvalue weighted by Crippen LogP contribution is -2.37. The number of morpholine rings is 1. The van der Waals surface area contributed by atoms with E-state index >= 15 is 0 Å². The number of aromatic nitrogens is 24. The van der Waals surface area contributed by atoms with Crippen molar-refractivity contribution in [2.75, 3.05) is 93.4 Å². The van der Waals surface area contributed by atoms with Crippen molar-refractivity contribution in [1.82, 2.24) is 134 Å². The number of anilines is 4. The number of carbonyl (C=O) groups is 3. The van der Waals surface area contributed by atoms with Gasteiger partial charge in [0.2, 0.25) is 11.8 Å². The summed E-state index contributed by atoms with van der Waals surface area (Å²) >= 11 is 0. The Bertz CT molecular complexity index is 6400. The van der Waals surface area contributed by atoms with Crippen molar-refractivity contribution >= 4 is 40.9 Å². The molecular formula is C96H107N31O4. The minimum atomic E-state index is 0.105. The largest absolute Gasteiger partial charge is 0.379 e. The molecule has 0 radical (unpaired) electrons. The van der Waals surface area contributed by atoms with Crippen LogP contribution >= 0.6 is 0 Å². The Labute approximate surface area is 758 Å². The van der Waals surface area contributed by atoms with E-state index in [0.717, 1.165) is 201 Å². The summed E-state index contributed by atoms with van der Waals surface area (Å²) in [6.45, 7) is 10.5. The highest BCUT2D eigenvalue weighted by molar-refractivity contribution is 5.82. The first-order chi connectivity index (χ1) is 63.7. The maximum absolute atomic E-state index is 11.8. The molecule has 670 valence electrons. The van der Waals surface area contributed by atoms with Crippen LogP contribution in [0.2, 0.25) is 0 Å².